The number of thiophene rings is 1. The molecule has 1 aliphatic rings. The van der Waals surface area contributed by atoms with Crippen LogP contribution in [-0.4, -0.2) is 0 Å². The molecule has 0 aliphatic heterocycles. The fraction of sp³-hybridized carbons (Fsp3) is 0.103. The number of nitrogens with zero attached hydrogens (tertiary/aromatic N) is 1. The van der Waals surface area contributed by atoms with Crippen molar-refractivity contribution in [3.63, 3.8) is 0 Å². The fourth-order valence-corrected chi connectivity index (χ4v) is 11.4. The summed E-state index contributed by atoms with van der Waals surface area (Å²) >= 11 is 1.87. The minimum atomic E-state index is 0.579. The molecule has 3 heteroatoms. The van der Waals surface area contributed by atoms with E-state index in [4.69, 9.17) is 4.42 Å². The molecule has 1 fully saturated rings. The first-order valence-electron chi connectivity index (χ1n) is 21.7. The van der Waals surface area contributed by atoms with Crippen molar-refractivity contribution in [2.24, 2.45) is 0 Å². The summed E-state index contributed by atoms with van der Waals surface area (Å²) in [5, 5.41) is 7.60. The van der Waals surface area contributed by atoms with Gasteiger partial charge < -0.3 is 9.32 Å². The zero-order valence-corrected chi connectivity index (χ0v) is 34.7. The number of furan rings is 1. The van der Waals surface area contributed by atoms with Crippen molar-refractivity contribution in [2.45, 2.75) is 38.0 Å². The Balaban J connectivity index is 1.07. The predicted molar refractivity (Wildman–Crippen MR) is 261 cm³/mol. The van der Waals surface area contributed by atoms with Crippen LogP contribution in [0.25, 0.3) is 86.3 Å². The Bertz CT molecular complexity index is 3430. The molecule has 11 aromatic rings. The molecule has 0 bridgehead atoms. The molecule has 0 spiro atoms. The molecule has 0 atom stereocenters. The van der Waals surface area contributed by atoms with Crippen LogP contribution < -0.4 is 4.90 Å². The zero-order valence-electron chi connectivity index (χ0n) is 33.9. The van der Waals surface area contributed by atoms with Gasteiger partial charge in [0.2, 0.25) is 0 Å². The van der Waals surface area contributed by atoms with Crippen molar-refractivity contribution < 1.29 is 4.42 Å². The van der Waals surface area contributed by atoms with Crippen LogP contribution in [-0.2, 0) is 0 Å². The van der Waals surface area contributed by atoms with E-state index in [9.17, 15) is 0 Å². The molecule has 0 amide bonds. The lowest BCUT2D eigenvalue weighted by atomic mass is 9.80. The van der Waals surface area contributed by atoms with Gasteiger partial charge in [-0.15, -0.1) is 11.3 Å². The summed E-state index contributed by atoms with van der Waals surface area (Å²) in [5.41, 5.74) is 14.0. The van der Waals surface area contributed by atoms with Crippen LogP contribution in [0.15, 0.2) is 199 Å². The van der Waals surface area contributed by atoms with E-state index < -0.39 is 0 Å². The van der Waals surface area contributed by atoms with Gasteiger partial charge in [0.25, 0.3) is 0 Å². The Morgan fingerprint density at radius 3 is 1.95 bits per heavy atom. The Hall–Kier alpha value is -6.94. The molecule has 0 N–H and O–H groups in total. The highest BCUT2D eigenvalue weighted by Crippen LogP contribution is 2.48. The third kappa shape index (κ3) is 6.23. The molecule has 12 rings (SSSR count). The Morgan fingerprint density at radius 1 is 0.426 bits per heavy atom. The van der Waals surface area contributed by atoms with E-state index in [-0.39, 0.29) is 0 Å². The maximum Gasteiger partial charge on any atom is 0.135 e. The van der Waals surface area contributed by atoms with Crippen molar-refractivity contribution >= 4 is 81.3 Å². The number of para-hydroxylation sites is 2. The van der Waals surface area contributed by atoms with Gasteiger partial charge >= 0.3 is 0 Å². The number of fused-ring (bicyclic) bond motifs is 7. The average molecular weight is 802 g/mol. The highest BCUT2D eigenvalue weighted by molar-refractivity contribution is 7.25. The third-order valence-corrected chi connectivity index (χ3v) is 14.2. The van der Waals surface area contributed by atoms with E-state index >= 15 is 0 Å². The molecular formula is C58H43NOS. The second-order valence-corrected chi connectivity index (χ2v) is 17.7. The van der Waals surface area contributed by atoms with Gasteiger partial charge in [-0.05, 0) is 124 Å². The van der Waals surface area contributed by atoms with Gasteiger partial charge in [0.1, 0.15) is 11.2 Å². The smallest absolute Gasteiger partial charge is 0.135 e. The first kappa shape index (κ1) is 36.0. The number of hydrogen-bond acceptors (Lipinski definition) is 3. The van der Waals surface area contributed by atoms with E-state index in [2.05, 4.69) is 193 Å². The van der Waals surface area contributed by atoms with Gasteiger partial charge in [-0.25, -0.2) is 0 Å². The van der Waals surface area contributed by atoms with Crippen molar-refractivity contribution in [3.8, 4) is 33.4 Å². The largest absolute Gasteiger partial charge is 0.456 e. The SMILES string of the molecule is c1cc(-c2ccc3oc4ccccc4c3c2)cc(N(c2cccc(-c3cccc4sc5ccccc5c34)c2)c2ccccc2-c2cccc3cccc(C4CCCCC4)c23)c1. The van der Waals surface area contributed by atoms with Crippen LogP contribution >= 0.6 is 11.3 Å². The number of benzene rings is 9. The minimum Gasteiger partial charge on any atom is -0.456 e. The number of rotatable bonds is 7. The van der Waals surface area contributed by atoms with Crippen LogP contribution in [0.4, 0.5) is 17.1 Å². The first-order valence-corrected chi connectivity index (χ1v) is 22.5. The van der Waals surface area contributed by atoms with Gasteiger partial charge in [-0.3, -0.25) is 0 Å². The van der Waals surface area contributed by atoms with E-state index in [1.165, 1.54) is 90.9 Å². The van der Waals surface area contributed by atoms with Gasteiger partial charge in [0.05, 0.1) is 5.69 Å². The Labute approximate surface area is 360 Å². The molecule has 61 heavy (non-hydrogen) atoms. The van der Waals surface area contributed by atoms with Crippen molar-refractivity contribution in [2.75, 3.05) is 4.90 Å². The summed E-state index contributed by atoms with van der Waals surface area (Å²) in [6.45, 7) is 0. The maximum atomic E-state index is 6.24. The third-order valence-electron chi connectivity index (χ3n) is 13.0. The normalized spacial score (nSPS) is 13.5. The summed E-state index contributed by atoms with van der Waals surface area (Å²) in [5.74, 6) is 0.579. The maximum absolute atomic E-state index is 6.24. The van der Waals surface area contributed by atoms with E-state index in [1.807, 2.05) is 17.4 Å². The Kier molecular flexibility index (Phi) is 8.82. The van der Waals surface area contributed by atoms with Crippen molar-refractivity contribution in [1.29, 1.82) is 0 Å². The molecular weight excluding hydrogens is 759 g/mol. The summed E-state index contributed by atoms with van der Waals surface area (Å²) < 4.78 is 8.87. The molecule has 292 valence electrons. The fourth-order valence-electron chi connectivity index (χ4n) is 10.2. The molecule has 1 saturated carbocycles. The predicted octanol–water partition coefficient (Wildman–Crippen LogP) is 17.6. The topological polar surface area (TPSA) is 16.4 Å². The van der Waals surface area contributed by atoms with Crippen LogP contribution in [0.1, 0.15) is 43.6 Å². The van der Waals surface area contributed by atoms with Crippen molar-refractivity contribution in [3.05, 3.63) is 200 Å². The highest BCUT2D eigenvalue weighted by atomic mass is 32.1. The summed E-state index contributed by atoms with van der Waals surface area (Å²) in [6, 6.07) is 71.7. The van der Waals surface area contributed by atoms with E-state index in [1.54, 1.807) is 0 Å². The van der Waals surface area contributed by atoms with Crippen LogP contribution in [0.3, 0.4) is 0 Å². The average Bonchev–Trinajstić information content (AvgIpc) is 3.90. The van der Waals surface area contributed by atoms with Crippen LogP contribution in [0, 0.1) is 0 Å². The van der Waals surface area contributed by atoms with Crippen LogP contribution in [0.5, 0.6) is 0 Å². The minimum absolute atomic E-state index is 0.579. The van der Waals surface area contributed by atoms with Gasteiger partial charge in [-0.2, -0.15) is 0 Å². The van der Waals surface area contributed by atoms with E-state index in [0.29, 0.717) is 5.92 Å². The monoisotopic (exact) mass is 801 g/mol. The summed E-state index contributed by atoms with van der Waals surface area (Å²) in [4.78, 5) is 2.49. The summed E-state index contributed by atoms with van der Waals surface area (Å²) in [6.07, 6.45) is 6.46. The molecule has 9 aromatic carbocycles. The molecule has 2 aromatic heterocycles. The summed E-state index contributed by atoms with van der Waals surface area (Å²) in [7, 11) is 0. The molecule has 0 unspecified atom stereocenters. The van der Waals surface area contributed by atoms with Gasteiger partial charge in [-0.1, -0.05) is 153 Å². The molecule has 2 heterocycles. The second-order valence-electron chi connectivity index (χ2n) is 16.6. The lowest BCUT2D eigenvalue weighted by Gasteiger charge is -2.30. The number of hydrogen-bond donors (Lipinski definition) is 0. The van der Waals surface area contributed by atoms with Crippen LogP contribution in [0.2, 0.25) is 0 Å². The quantitative estimate of drug-likeness (QED) is 0.160. The molecule has 2 nitrogen and oxygen atoms in total. The zero-order chi connectivity index (χ0) is 40.3. The highest BCUT2D eigenvalue weighted by Gasteiger charge is 2.24. The van der Waals surface area contributed by atoms with Crippen molar-refractivity contribution in [1.82, 2.24) is 0 Å². The standard InChI is InChI=1S/C58H43NOS/c1-2-15-38(16-3-1)45-26-12-17-39-18-13-28-49(57(39)45)47-23-4-7-29-52(47)59(43-21-10-19-40(35-43)41-33-34-54-51(37-41)48-24-5-8-30-53(48)60-54)44-22-11-20-42(36-44)46-27-14-32-56-58(46)50-25-6-9-31-55(50)61-56/h4-14,17-38H,1-3,15-16H2. The van der Waals surface area contributed by atoms with Gasteiger partial charge in [0, 0.05) is 47.9 Å². The molecule has 1 aliphatic carbocycles. The second kappa shape index (κ2) is 15.0. The van der Waals surface area contributed by atoms with E-state index in [0.717, 1.165) is 50.1 Å². The first-order chi connectivity index (χ1) is 30.2. The molecule has 0 saturated heterocycles. The van der Waals surface area contributed by atoms with Gasteiger partial charge in [0.15, 0.2) is 0 Å². The lowest BCUT2D eigenvalue weighted by Crippen LogP contribution is -2.12. The number of anilines is 3. The Morgan fingerprint density at radius 2 is 1.07 bits per heavy atom. The lowest BCUT2D eigenvalue weighted by molar-refractivity contribution is 0.445. The molecule has 0 radical (unpaired) electrons.